The predicted molar refractivity (Wildman–Crippen MR) is 80.9 cm³/mol. The van der Waals surface area contributed by atoms with Gasteiger partial charge in [-0.05, 0) is 18.2 Å². The summed E-state index contributed by atoms with van der Waals surface area (Å²) in [6.07, 6.45) is 0. The van der Waals surface area contributed by atoms with Crippen LogP contribution in [0.15, 0.2) is 36.4 Å². The number of carboxylic acids is 1. The molecule has 2 rings (SSSR count). The van der Waals surface area contributed by atoms with Gasteiger partial charge in [-0.15, -0.1) is 0 Å². The summed E-state index contributed by atoms with van der Waals surface area (Å²) in [6.45, 7) is 0. The van der Waals surface area contributed by atoms with Crippen LogP contribution < -0.4 is 4.90 Å². The van der Waals surface area contributed by atoms with E-state index in [1.807, 2.05) is 0 Å². The van der Waals surface area contributed by atoms with Crippen molar-refractivity contribution in [3.8, 4) is 11.5 Å². The second-order valence-corrected chi connectivity index (χ2v) is 4.93. The Labute approximate surface area is 126 Å². The molecule has 114 valence electrons. The lowest BCUT2D eigenvalue weighted by Gasteiger charge is -2.16. The molecule has 0 radical (unpaired) electrons. The Hall–Kier alpha value is -3.02. The van der Waals surface area contributed by atoms with Gasteiger partial charge in [0.25, 0.3) is 0 Å². The van der Waals surface area contributed by atoms with Crippen LogP contribution in [0.1, 0.15) is 26.3 Å². The van der Waals surface area contributed by atoms with Crippen LogP contribution in [0, 0.1) is 0 Å². The number of aromatic carboxylic acids is 1. The van der Waals surface area contributed by atoms with Crippen molar-refractivity contribution < 1.29 is 24.9 Å². The number of ketones is 1. The summed E-state index contributed by atoms with van der Waals surface area (Å²) in [5.41, 5.74) is -0.293. The molecule has 0 atom stereocenters. The van der Waals surface area contributed by atoms with Crippen LogP contribution in [-0.4, -0.2) is 41.2 Å². The highest BCUT2D eigenvalue weighted by molar-refractivity contribution is 6.17. The molecule has 22 heavy (non-hydrogen) atoms. The minimum Gasteiger partial charge on any atom is -0.507 e. The van der Waals surface area contributed by atoms with E-state index in [9.17, 15) is 24.9 Å². The van der Waals surface area contributed by atoms with Crippen molar-refractivity contribution in [1.82, 2.24) is 0 Å². The van der Waals surface area contributed by atoms with E-state index in [2.05, 4.69) is 0 Å². The first-order valence-electron chi connectivity index (χ1n) is 6.43. The standard InChI is InChI=1S/C16H15NO5/c1-17(2)9-7-11(16(21)22)14(13(19)8-9)15(20)10-5-3-4-6-12(10)18/h3-8,18-19H,1-2H3,(H,21,22). The number of nitrogens with zero attached hydrogens (tertiary/aromatic N) is 1. The van der Waals surface area contributed by atoms with E-state index < -0.39 is 17.5 Å². The molecule has 0 saturated carbocycles. The topological polar surface area (TPSA) is 98.1 Å². The zero-order chi connectivity index (χ0) is 16.4. The van der Waals surface area contributed by atoms with E-state index in [1.54, 1.807) is 31.1 Å². The molecular weight excluding hydrogens is 286 g/mol. The van der Waals surface area contributed by atoms with E-state index in [0.29, 0.717) is 5.69 Å². The maximum Gasteiger partial charge on any atom is 0.336 e. The summed E-state index contributed by atoms with van der Waals surface area (Å²) in [5.74, 6) is -2.81. The van der Waals surface area contributed by atoms with Crippen molar-refractivity contribution in [3.05, 3.63) is 53.1 Å². The molecule has 2 aromatic carbocycles. The fraction of sp³-hybridized carbons (Fsp3) is 0.125. The molecule has 0 spiro atoms. The molecule has 0 heterocycles. The van der Waals surface area contributed by atoms with Crippen LogP contribution in [0.5, 0.6) is 11.5 Å². The second kappa shape index (κ2) is 5.77. The highest BCUT2D eigenvalue weighted by Gasteiger charge is 2.25. The molecule has 0 aliphatic heterocycles. The number of carbonyl (C=O) groups is 2. The van der Waals surface area contributed by atoms with Gasteiger partial charge >= 0.3 is 5.97 Å². The molecule has 0 bridgehead atoms. The largest absolute Gasteiger partial charge is 0.507 e. The molecule has 0 aliphatic carbocycles. The van der Waals surface area contributed by atoms with Gasteiger partial charge in [-0.1, -0.05) is 12.1 Å². The molecule has 2 aromatic rings. The number of anilines is 1. The van der Waals surface area contributed by atoms with Gasteiger partial charge in [-0.3, -0.25) is 4.79 Å². The number of phenols is 2. The van der Waals surface area contributed by atoms with Crippen LogP contribution in [0.2, 0.25) is 0 Å². The van der Waals surface area contributed by atoms with Crippen LogP contribution in [0.25, 0.3) is 0 Å². The minimum absolute atomic E-state index is 0.0714. The fourth-order valence-electron chi connectivity index (χ4n) is 2.08. The fourth-order valence-corrected chi connectivity index (χ4v) is 2.08. The van der Waals surface area contributed by atoms with Gasteiger partial charge in [0.05, 0.1) is 16.7 Å². The number of phenolic OH excluding ortho intramolecular Hbond substituents is 2. The third-order valence-electron chi connectivity index (χ3n) is 3.22. The Morgan fingerprint density at radius 1 is 0.955 bits per heavy atom. The normalized spacial score (nSPS) is 10.3. The molecule has 0 amide bonds. The molecule has 0 aromatic heterocycles. The number of hydrogen-bond donors (Lipinski definition) is 3. The highest BCUT2D eigenvalue weighted by atomic mass is 16.4. The smallest absolute Gasteiger partial charge is 0.336 e. The number of aromatic hydroxyl groups is 2. The molecule has 3 N–H and O–H groups in total. The van der Waals surface area contributed by atoms with Crippen molar-refractivity contribution >= 4 is 17.4 Å². The summed E-state index contributed by atoms with van der Waals surface area (Å²) in [4.78, 5) is 25.5. The van der Waals surface area contributed by atoms with Gasteiger partial charge in [0.2, 0.25) is 5.78 Å². The maximum atomic E-state index is 12.5. The van der Waals surface area contributed by atoms with Gasteiger partial charge in [-0.25, -0.2) is 4.79 Å². The quantitative estimate of drug-likeness (QED) is 0.748. The maximum absolute atomic E-state index is 12.5. The van der Waals surface area contributed by atoms with Crippen molar-refractivity contribution in [3.63, 3.8) is 0 Å². The molecule has 0 fully saturated rings. The Balaban J connectivity index is 2.67. The number of benzene rings is 2. The Morgan fingerprint density at radius 2 is 1.59 bits per heavy atom. The third-order valence-corrected chi connectivity index (χ3v) is 3.22. The summed E-state index contributed by atoms with van der Waals surface area (Å²) >= 11 is 0. The van der Waals surface area contributed by atoms with Gasteiger partial charge in [0, 0.05) is 25.8 Å². The van der Waals surface area contributed by atoms with Crippen LogP contribution >= 0.6 is 0 Å². The minimum atomic E-state index is -1.34. The number of hydrogen-bond acceptors (Lipinski definition) is 5. The lowest BCUT2D eigenvalue weighted by Crippen LogP contribution is -2.14. The SMILES string of the molecule is CN(C)c1cc(O)c(C(=O)c2ccccc2O)c(C(=O)O)c1. The highest BCUT2D eigenvalue weighted by Crippen LogP contribution is 2.31. The molecule has 0 aliphatic rings. The van der Waals surface area contributed by atoms with Gasteiger partial charge in [0.15, 0.2) is 0 Å². The summed E-state index contributed by atoms with van der Waals surface area (Å²) < 4.78 is 0. The van der Waals surface area contributed by atoms with Gasteiger partial charge in [-0.2, -0.15) is 0 Å². The van der Waals surface area contributed by atoms with E-state index >= 15 is 0 Å². The first-order chi connectivity index (χ1) is 10.3. The number of para-hydroxylation sites is 1. The lowest BCUT2D eigenvalue weighted by molar-refractivity contribution is 0.0692. The molecule has 6 nitrogen and oxygen atoms in total. The Bertz CT molecular complexity index is 752. The van der Waals surface area contributed by atoms with E-state index in [0.717, 1.165) is 0 Å². The second-order valence-electron chi connectivity index (χ2n) is 4.93. The average molecular weight is 301 g/mol. The monoisotopic (exact) mass is 301 g/mol. The number of rotatable bonds is 4. The van der Waals surface area contributed by atoms with Crippen molar-refractivity contribution in [2.45, 2.75) is 0 Å². The summed E-state index contributed by atoms with van der Waals surface area (Å²) in [6, 6.07) is 8.37. The van der Waals surface area contributed by atoms with Crippen molar-refractivity contribution in [2.24, 2.45) is 0 Å². The molecule has 6 heteroatoms. The zero-order valence-electron chi connectivity index (χ0n) is 12.1. The van der Waals surface area contributed by atoms with Crippen LogP contribution in [0.3, 0.4) is 0 Å². The summed E-state index contributed by atoms with van der Waals surface area (Å²) in [5, 5.41) is 29.2. The molecule has 0 saturated heterocycles. The molecule has 0 unspecified atom stereocenters. The van der Waals surface area contributed by atoms with Gasteiger partial charge in [0.1, 0.15) is 11.5 Å². The Morgan fingerprint density at radius 3 is 2.14 bits per heavy atom. The first-order valence-corrected chi connectivity index (χ1v) is 6.43. The average Bonchev–Trinajstić information content (AvgIpc) is 2.46. The Kier molecular flexibility index (Phi) is 4.03. The van der Waals surface area contributed by atoms with E-state index in [-0.39, 0.29) is 22.4 Å². The zero-order valence-corrected chi connectivity index (χ0v) is 12.1. The van der Waals surface area contributed by atoms with Crippen molar-refractivity contribution in [2.75, 3.05) is 19.0 Å². The van der Waals surface area contributed by atoms with E-state index in [4.69, 9.17) is 0 Å². The molecular formula is C16H15NO5. The van der Waals surface area contributed by atoms with Gasteiger partial charge < -0.3 is 20.2 Å². The van der Waals surface area contributed by atoms with Crippen LogP contribution in [-0.2, 0) is 0 Å². The van der Waals surface area contributed by atoms with Crippen LogP contribution in [0.4, 0.5) is 5.69 Å². The van der Waals surface area contributed by atoms with Crippen molar-refractivity contribution in [1.29, 1.82) is 0 Å². The number of carbonyl (C=O) groups excluding carboxylic acids is 1. The lowest BCUT2D eigenvalue weighted by atomic mass is 9.96. The summed E-state index contributed by atoms with van der Waals surface area (Å²) in [7, 11) is 3.37. The first kappa shape index (κ1) is 15.4. The number of carboxylic acid groups (broad SMARTS) is 1. The third kappa shape index (κ3) is 2.71. The predicted octanol–water partition coefficient (Wildman–Crippen LogP) is 2.09. The van der Waals surface area contributed by atoms with E-state index in [1.165, 1.54) is 24.3 Å².